The van der Waals surface area contributed by atoms with Crippen molar-refractivity contribution in [1.82, 2.24) is 0 Å². The Labute approximate surface area is 128 Å². The molecule has 0 heterocycles. The fraction of sp³-hybridized carbons (Fsp3) is 0.444. The van der Waals surface area contributed by atoms with Crippen molar-refractivity contribution in [1.29, 1.82) is 0 Å². The van der Waals surface area contributed by atoms with E-state index in [4.69, 9.17) is 4.74 Å². The number of ether oxygens (including phenoxy) is 1. The minimum absolute atomic E-state index is 0.00853. The zero-order chi connectivity index (χ0) is 15.2. The number of aryl methyl sites for hydroxylation is 1. The van der Waals surface area contributed by atoms with Gasteiger partial charge in [0.25, 0.3) is 0 Å². The third-order valence-electron chi connectivity index (χ3n) is 3.33. The number of thioether (sulfide) groups is 1. The molecule has 1 aromatic carbocycles. The van der Waals surface area contributed by atoms with Gasteiger partial charge in [0, 0.05) is 23.2 Å². The average Bonchev–Trinajstić information content (AvgIpc) is 2.39. The predicted molar refractivity (Wildman–Crippen MR) is 90.4 cm³/mol. The van der Waals surface area contributed by atoms with E-state index in [1.54, 1.807) is 7.11 Å². The highest BCUT2D eigenvalue weighted by Crippen LogP contribution is 2.30. The number of hydrogen-bond donors (Lipinski definition) is 0. The largest absolute Gasteiger partial charge is 0.380 e. The monoisotopic (exact) mass is 290 g/mol. The van der Waals surface area contributed by atoms with Crippen LogP contribution in [0.4, 0.5) is 0 Å². The van der Waals surface area contributed by atoms with Gasteiger partial charge in [-0.25, -0.2) is 0 Å². The summed E-state index contributed by atoms with van der Waals surface area (Å²) in [7, 11) is 1.79. The van der Waals surface area contributed by atoms with Crippen LogP contribution in [0.5, 0.6) is 0 Å². The zero-order valence-corrected chi connectivity index (χ0v) is 14.1. The normalized spacial score (nSPS) is 13.7. The van der Waals surface area contributed by atoms with Crippen LogP contribution in [0.15, 0.2) is 53.5 Å². The van der Waals surface area contributed by atoms with Crippen molar-refractivity contribution in [3.05, 3.63) is 54.1 Å². The molecule has 0 spiro atoms. The van der Waals surface area contributed by atoms with Gasteiger partial charge in [-0.05, 0) is 26.0 Å². The molecule has 1 atom stereocenters. The van der Waals surface area contributed by atoms with E-state index in [9.17, 15) is 0 Å². The average molecular weight is 290 g/mol. The molecule has 110 valence electrons. The van der Waals surface area contributed by atoms with Gasteiger partial charge in [-0.1, -0.05) is 55.8 Å². The van der Waals surface area contributed by atoms with Gasteiger partial charge >= 0.3 is 0 Å². The van der Waals surface area contributed by atoms with Gasteiger partial charge in [0.1, 0.15) is 0 Å². The van der Waals surface area contributed by atoms with Crippen LogP contribution in [0, 0.1) is 12.3 Å². The van der Waals surface area contributed by atoms with Crippen molar-refractivity contribution < 1.29 is 4.74 Å². The molecule has 1 aromatic rings. The molecule has 0 bridgehead atoms. The first-order valence-electron chi connectivity index (χ1n) is 6.92. The van der Waals surface area contributed by atoms with Crippen LogP contribution < -0.4 is 0 Å². The highest BCUT2D eigenvalue weighted by molar-refractivity contribution is 7.99. The van der Waals surface area contributed by atoms with Gasteiger partial charge in [0.15, 0.2) is 0 Å². The number of rotatable bonds is 7. The maximum atomic E-state index is 5.69. The summed E-state index contributed by atoms with van der Waals surface area (Å²) < 4.78 is 5.69. The smallest absolute Gasteiger partial charge is 0.0750 e. The van der Waals surface area contributed by atoms with Crippen molar-refractivity contribution in [2.45, 2.75) is 38.7 Å². The summed E-state index contributed by atoms with van der Waals surface area (Å²) in [6, 6.07) is 8.64. The second-order valence-electron chi connectivity index (χ2n) is 5.85. The molecule has 0 fully saturated rings. The van der Waals surface area contributed by atoms with Gasteiger partial charge in [-0.15, -0.1) is 11.8 Å². The molecular formula is C18H26OS. The minimum Gasteiger partial charge on any atom is -0.380 e. The first-order valence-corrected chi connectivity index (χ1v) is 7.90. The zero-order valence-electron chi connectivity index (χ0n) is 13.3. The van der Waals surface area contributed by atoms with Crippen LogP contribution in [0.3, 0.4) is 0 Å². The lowest BCUT2D eigenvalue weighted by Gasteiger charge is -2.30. The lowest BCUT2D eigenvalue weighted by molar-refractivity contribution is 0.0501. The molecule has 0 N–H and O–H groups in total. The summed E-state index contributed by atoms with van der Waals surface area (Å²) in [6.07, 6.45) is 4.44. The molecule has 1 rings (SSSR count). The molecule has 0 aliphatic heterocycles. The summed E-state index contributed by atoms with van der Waals surface area (Å²) in [6.45, 7) is 12.4. The van der Waals surface area contributed by atoms with Gasteiger partial charge in [-0.3, -0.25) is 0 Å². The van der Waals surface area contributed by atoms with Crippen LogP contribution in [-0.4, -0.2) is 19.0 Å². The van der Waals surface area contributed by atoms with Crippen LogP contribution in [0.1, 0.15) is 26.3 Å². The molecule has 2 heteroatoms. The van der Waals surface area contributed by atoms with Crippen molar-refractivity contribution in [3.63, 3.8) is 0 Å². The standard InChI is InChI=1S/C18H26OS/c1-14(2)11-12-18(4,5)17(19-6)13-20-16-9-7-15(3)8-10-16/h7-12,17H,1,13H2,2-6H3/b12-11+. The van der Waals surface area contributed by atoms with Crippen LogP contribution in [-0.2, 0) is 4.74 Å². The van der Waals surface area contributed by atoms with E-state index in [0.29, 0.717) is 0 Å². The lowest BCUT2D eigenvalue weighted by Crippen LogP contribution is -2.31. The van der Waals surface area contributed by atoms with E-state index in [1.807, 2.05) is 18.7 Å². The number of allylic oxidation sites excluding steroid dienone is 2. The Bertz CT molecular complexity index is 457. The van der Waals surface area contributed by atoms with Crippen molar-refractivity contribution in [2.24, 2.45) is 5.41 Å². The molecule has 20 heavy (non-hydrogen) atoms. The van der Waals surface area contributed by atoms with Gasteiger partial charge in [0.05, 0.1) is 6.10 Å². The molecule has 0 radical (unpaired) electrons. The fourth-order valence-electron chi connectivity index (χ4n) is 1.86. The lowest BCUT2D eigenvalue weighted by atomic mass is 9.86. The first kappa shape index (κ1) is 17.1. The number of hydrogen-bond acceptors (Lipinski definition) is 2. The van der Waals surface area contributed by atoms with E-state index in [1.165, 1.54) is 10.5 Å². The molecule has 0 aromatic heterocycles. The van der Waals surface area contributed by atoms with E-state index in [0.717, 1.165) is 11.3 Å². The van der Waals surface area contributed by atoms with Gasteiger partial charge in [-0.2, -0.15) is 0 Å². The Morgan fingerprint density at radius 2 is 1.95 bits per heavy atom. The Morgan fingerprint density at radius 3 is 2.45 bits per heavy atom. The molecular weight excluding hydrogens is 264 g/mol. The quantitative estimate of drug-likeness (QED) is 0.500. The van der Waals surface area contributed by atoms with Crippen LogP contribution in [0.25, 0.3) is 0 Å². The van der Waals surface area contributed by atoms with E-state index < -0.39 is 0 Å². The van der Waals surface area contributed by atoms with Crippen molar-refractivity contribution in [2.75, 3.05) is 12.9 Å². The Morgan fingerprint density at radius 1 is 1.35 bits per heavy atom. The number of methoxy groups -OCH3 is 1. The number of benzene rings is 1. The molecule has 0 amide bonds. The van der Waals surface area contributed by atoms with E-state index >= 15 is 0 Å². The van der Waals surface area contributed by atoms with Gasteiger partial charge in [0.2, 0.25) is 0 Å². The molecule has 1 nitrogen and oxygen atoms in total. The van der Waals surface area contributed by atoms with E-state index in [-0.39, 0.29) is 11.5 Å². The molecule has 0 aliphatic rings. The third kappa shape index (κ3) is 5.56. The SMILES string of the molecule is C=C(C)/C=C/C(C)(C)C(CSc1ccc(C)cc1)OC. The summed E-state index contributed by atoms with van der Waals surface area (Å²) in [5, 5.41) is 0. The Hall–Kier alpha value is -0.990. The fourth-order valence-corrected chi connectivity index (χ4v) is 3.10. The highest BCUT2D eigenvalue weighted by Gasteiger charge is 2.26. The molecule has 0 aliphatic carbocycles. The maximum absolute atomic E-state index is 5.69. The second-order valence-corrected chi connectivity index (χ2v) is 6.94. The van der Waals surface area contributed by atoms with Crippen molar-refractivity contribution in [3.8, 4) is 0 Å². The summed E-state index contributed by atoms with van der Waals surface area (Å²) in [5.41, 5.74) is 2.35. The van der Waals surface area contributed by atoms with Crippen molar-refractivity contribution >= 4 is 11.8 Å². The molecule has 0 saturated carbocycles. The van der Waals surface area contributed by atoms with Crippen LogP contribution in [0.2, 0.25) is 0 Å². The summed E-state index contributed by atoms with van der Waals surface area (Å²) in [4.78, 5) is 1.29. The summed E-state index contributed by atoms with van der Waals surface area (Å²) >= 11 is 1.84. The summed E-state index contributed by atoms with van der Waals surface area (Å²) in [5.74, 6) is 0.938. The van der Waals surface area contributed by atoms with E-state index in [2.05, 4.69) is 63.8 Å². The topological polar surface area (TPSA) is 9.23 Å². The molecule has 1 unspecified atom stereocenters. The maximum Gasteiger partial charge on any atom is 0.0750 e. The first-order chi connectivity index (χ1) is 9.35. The van der Waals surface area contributed by atoms with Gasteiger partial charge < -0.3 is 4.74 Å². The third-order valence-corrected chi connectivity index (χ3v) is 4.41. The Balaban J connectivity index is 2.66. The minimum atomic E-state index is -0.00853. The second kappa shape index (κ2) is 7.70. The Kier molecular flexibility index (Phi) is 6.57. The highest BCUT2D eigenvalue weighted by atomic mass is 32.2. The molecule has 0 saturated heterocycles. The predicted octanol–water partition coefficient (Wildman–Crippen LogP) is 5.26. The van der Waals surface area contributed by atoms with Crippen LogP contribution >= 0.6 is 11.8 Å².